The number of nitrogens with zero attached hydrogens (tertiary/aromatic N) is 1. The Morgan fingerprint density at radius 2 is 1.81 bits per heavy atom. The van der Waals surface area contributed by atoms with Gasteiger partial charge in [0.1, 0.15) is 11.4 Å². The first kappa shape index (κ1) is 17.6. The fourth-order valence-electron chi connectivity index (χ4n) is 2.34. The summed E-state index contributed by atoms with van der Waals surface area (Å²) in [7, 11) is -3.86. The van der Waals surface area contributed by atoms with Crippen molar-refractivity contribution in [3.63, 3.8) is 0 Å². The fourth-order valence-corrected chi connectivity index (χ4v) is 2.90. The van der Waals surface area contributed by atoms with Gasteiger partial charge >= 0.3 is 6.03 Å². The smallest absolute Gasteiger partial charge is 0.323 e. The molecule has 26 heavy (non-hydrogen) atoms. The third kappa shape index (κ3) is 3.90. The molecule has 2 amide bonds. The van der Waals surface area contributed by atoms with E-state index >= 15 is 0 Å². The van der Waals surface area contributed by atoms with Gasteiger partial charge in [-0.15, -0.1) is 0 Å². The molecule has 0 spiro atoms. The van der Waals surface area contributed by atoms with Crippen LogP contribution in [0.25, 0.3) is 11.3 Å². The molecule has 3 rings (SSSR count). The maximum absolute atomic E-state index is 12.3. The van der Waals surface area contributed by atoms with Crippen molar-refractivity contribution in [3.8, 4) is 11.3 Å². The van der Waals surface area contributed by atoms with Gasteiger partial charge in [-0.3, -0.25) is 0 Å². The van der Waals surface area contributed by atoms with Crippen LogP contribution in [0.2, 0.25) is 0 Å². The van der Waals surface area contributed by atoms with Crippen molar-refractivity contribution in [2.24, 2.45) is 5.14 Å². The number of hydrogen-bond donors (Lipinski definition) is 3. The third-order valence-corrected chi connectivity index (χ3v) is 4.48. The van der Waals surface area contributed by atoms with Crippen LogP contribution in [0.4, 0.5) is 16.2 Å². The van der Waals surface area contributed by atoms with Crippen molar-refractivity contribution < 1.29 is 17.7 Å². The minimum Gasteiger partial charge on any atom is -0.359 e. The van der Waals surface area contributed by atoms with Crippen LogP contribution in [0, 0.1) is 6.92 Å². The number of carbonyl (C=O) groups is 1. The van der Waals surface area contributed by atoms with Gasteiger partial charge in [0.15, 0.2) is 5.76 Å². The Hall–Kier alpha value is -3.17. The maximum atomic E-state index is 12.3. The third-order valence-electron chi connectivity index (χ3n) is 3.57. The van der Waals surface area contributed by atoms with Crippen molar-refractivity contribution >= 4 is 27.4 Å². The van der Waals surface area contributed by atoms with Crippen LogP contribution in [0.1, 0.15) is 5.76 Å². The highest BCUT2D eigenvalue weighted by Gasteiger charge is 2.17. The van der Waals surface area contributed by atoms with E-state index in [4.69, 9.17) is 9.66 Å². The van der Waals surface area contributed by atoms with E-state index in [0.29, 0.717) is 17.1 Å². The zero-order valence-corrected chi connectivity index (χ0v) is 14.6. The number of aryl methyl sites for hydroxylation is 1. The van der Waals surface area contributed by atoms with Gasteiger partial charge in [0.2, 0.25) is 10.0 Å². The summed E-state index contributed by atoms with van der Waals surface area (Å²) in [5.74, 6) is 0.442. The lowest BCUT2D eigenvalue weighted by molar-refractivity contribution is 0.262. The SMILES string of the molecule is Cc1onc(-c2ccccc2)c1NC(=O)Nc1cccc(S(N)(=O)=O)c1. The first-order chi connectivity index (χ1) is 12.3. The molecule has 4 N–H and O–H groups in total. The molecule has 0 atom stereocenters. The minimum absolute atomic E-state index is 0.0959. The van der Waals surface area contributed by atoms with E-state index in [1.54, 1.807) is 13.0 Å². The van der Waals surface area contributed by atoms with Crippen molar-refractivity contribution in [3.05, 3.63) is 60.4 Å². The second-order valence-electron chi connectivity index (χ2n) is 5.48. The van der Waals surface area contributed by atoms with Crippen molar-refractivity contribution in [1.82, 2.24) is 5.16 Å². The molecule has 2 aromatic carbocycles. The largest absolute Gasteiger partial charge is 0.359 e. The van der Waals surface area contributed by atoms with Gasteiger partial charge in [-0.1, -0.05) is 41.6 Å². The molecule has 1 aromatic heterocycles. The van der Waals surface area contributed by atoms with E-state index in [2.05, 4.69) is 15.8 Å². The molecule has 0 aliphatic rings. The van der Waals surface area contributed by atoms with Crippen LogP contribution in [-0.2, 0) is 10.0 Å². The van der Waals surface area contributed by atoms with Gasteiger partial charge < -0.3 is 15.2 Å². The van der Waals surface area contributed by atoms with E-state index in [1.165, 1.54) is 18.2 Å². The highest BCUT2D eigenvalue weighted by molar-refractivity contribution is 7.89. The van der Waals surface area contributed by atoms with Crippen molar-refractivity contribution in [1.29, 1.82) is 0 Å². The lowest BCUT2D eigenvalue weighted by atomic mass is 10.1. The molecule has 0 saturated carbocycles. The van der Waals surface area contributed by atoms with Gasteiger partial charge in [0.05, 0.1) is 4.90 Å². The molecule has 0 aliphatic heterocycles. The molecule has 0 unspecified atom stereocenters. The quantitative estimate of drug-likeness (QED) is 0.649. The molecule has 134 valence electrons. The van der Waals surface area contributed by atoms with Crippen molar-refractivity contribution in [2.45, 2.75) is 11.8 Å². The first-order valence-electron chi connectivity index (χ1n) is 7.57. The van der Waals surface area contributed by atoms with E-state index in [0.717, 1.165) is 5.56 Å². The van der Waals surface area contributed by atoms with Crippen LogP contribution >= 0.6 is 0 Å². The zero-order valence-electron chi connectivity index (χ0n) is 13.8. The van der Waals surface area contributed by atoms with Crippen LogP contribution in [-0.4, -0.2) is 19.6 Å². The van der Waals surface area contributed by atoms with Crippen LogP contribution in [0.15, 0.2) is 64.0 Å². The second kappa shape index (κ2) is 6.98. The Morgan fingerprint density at radius 1 is 1.08 bits per heavy atom. The number of nitrogens with one attached hydrogen (secondary N) is 2. The van der Waals surface area contributed by atoms with Gasteiger partial charge in [-0.2, -0.15) is 0 Å². The number of benzene rings is 2. The summed E-state index contributed by atoms with van der Waals surface area (Å²) in [5, 5.41) is 14.3. The highest BCUT2D eigenvalue weighted by atomic mass is 32.2. The number of urea groups is 1. The number of aromatic nitrogens is 1. The monoisotopic (exact) mass is 372 g/mol. The van der Waals surface area contributed by atoms with Gasteiger partial charge in [-0.05, 0) is 25.1 Å². The summed E-state index contributed by atoms with van der Waals surface area (Å²) in [6.45, 7) is 1.68. The second-order valence-corrected chi connectivity index (χ2v) is 7.04. The minimum atomic E-state index is -3.86. The zero-order chi connectivity index (χ0) is 18.7. The lowest BCUT2D eigenvalue weighted by Crippen LogP contribution is -2.20. The summed E-state index contributed by atoms with van der Waals surface area (Å²) in [4.78, 5) is 12.2. The highest BCUT2D eigenvalue weighted by Crippen LogP contribution is 2.30. The molecule has 8 nitrogen and oxygen atoms in total. The molecule has 0 bridgehead atoms. The number of carbonyl (C=O) groups excluding carboxylic acids is 1. The Labute approximate surface area is 150 Å². The first-order valence-corrected chi connectivity index (χ1v) is 9.12. The molecular weight excluding hydrogens is 356 g/mol. The molecule has 0 fully saturated rings. The Balaban J connectivity index is 1.81. The van der Waals surface area contributed by atoms with E-state index in [1.807, 2.05) is 30.3 Å². The molecule has 0 aliphatic carbocycles. The van der Waals surface area contributed by atoms with Gasteiger partial charge in [0, 0.05) is 11.3 Å². The fraction of sp³-hybridized carbons (Fsp3) is 0.0588. The summed E-state index contributed by atoms with van der Waals surface area (Å²) in [6, 6.07) is 14.3. The molecular formula is C17H16N4O4S. The normalized spacial score (nSPS) is 11.2. The summed E-state index contributed by atoms with van der Waals surface area (Å²) < 4.78 is 28.0. The predicted octanol–water partition coefficient (Wildman–Crippen LogP) is 2.94. The van der Waals surface area contributed by atoms with Gasteiger partial charge in [0.25, 0.3) is 0 Å². The summed E-state index contributed by atoms with van der Waals surface area (Å²) >= 11 is 0. The van der Waals surface area contributed by atoms with Gasteiger partial charge in [-0.25, -0.2) is 18.4 Å². The molecule has 9 heteroatoms. The van der Waals surface area contributed by atoms with Crippen molar-refractivity contribution in [2.75, 3.05) is 10.6 Å². The molecule has 0 radical (unpaired) electrons. The topological polar surface area (TPSA) is 127 Å². The lowest BCUT2D eigenvalue weighted by Gasteiger charge is -2.09. The van der Waals surface area contributed by atoms with Crippen LogP contribution < -0.4 is 15.8 Å². The Bertz CT molecular complexity index is 1050. The number of amides is 2. The average Bonchev–Trinajstić information content (AvgIpc) is 2.96. The molecule has 3 aromatic rings. The number of rotatable bonds is 4. The Kier molecular flexibility index (Phi) is 4.74. The number of hydrogen-bond acceptors (Lipinski definition) is 5. The van der Waals surface area contributed by atoms with E-state index < -0.39 is 16.1 Å². The number of sulfonamides is 1. The number of anilines is 2. The standard InChI is InChI=1S/C17H16N4O4S/c1-11-15(16(21-25-11)12-6-3-2-4-7-12)20-17(22)19-13-8-5-9-14(10-13)26(18,23)24/h2-10H,1H3,(H2,18,23,24)(H2,19,20,22). The summed E-state index contributed by atoms with van der Waals surface area (Å²) in [5.41, 5.74) is 1.99. The number of primary sulfonamides is 1. The molecule has 1 heterocycles. The van der Waals surface area contributed by atoms with Crippen LogP contribution in [0.3, 0.4) is 0 Å². The van der Waals surface area contributed by atoms with E-state index in [9.17, 15) is 13.2 Å². The predicted molar refractivity (Wildman–Crippen MR) is 97.1 cm³/mol. The average molecular weight is 372 g/mol. The van der Waals surface area contributed by atoms with E-state index in [-0.39, 0.29) is 10.6 Å². The summed E-state index contributed by atoms with van der Waals surface area (Å²) in [6.07, 6.45) is 0. The molecule has 0 saturated heterocycles. The Morgan fingerprint density at radius 3 is 2.50 bits per heavy atom. The number of nitrogens with two attached hydrogens (primary N) is 1. The maximum Gasteiger partial charge on any atom is 0.323 e. The van der Waals surface area contributed by atoms with Crippen LogP contribution in [0.5, 0.6) is 0 Å².